The molecular formula is C19H26N4O. The van der Waals surface area contributed by atoms with Crippen molar-refractivity contribution in [2.24, 2.45) is 0 Å². The third-order valence-electron chi connectivity index (χ3n) is 4.76. The maximum atomic E-state index is 11.0. The molecule has 128 valence electrons. The highest BCUT2D eigenvalue weighted by atomic mass is 16.3. The van der Waals surface area contributed by atoms with Crippen molar-refractivity contribution in [1.29, 1.82) is 0 Å². The summed E-state index contributed by atoms with van der Waals surface area (Å²) in [5, 5.41) is 19.7. The summed E-state index contributed by atoms with van der Waals surface area (Å²) in [4.78, 5) is 2.25. The molecule has 0 spiro atoms. The van der Waals surface area contributed by atoms with Gasteiger partial charge in [-0.25, -0.2) is 0 Å². The molecule has 5 nitrogen and oxygen atoms in total. The molecule has 0 bridgehead atoms. The Morgan fingerprint density at radius 3 is 2.62 bits per heavy atom. The van der Waals surface area contributed by atoms with E-state index in [1.807, 2.05) is 30.5 Å². The Hall–Kier alpha value is -2.14. The molecule has 1 aliphatic rings. The number of nitrogens with zero attached hydrogens (tertiary/aromatic N) is 4. The molecule has 1 aliphatic heterocycles. The van der Waals surface area contributed by atoms with Crippen LogP contribution in [-0.2, 0) is 6.54 Å². The number of aromatic nitrogens is 3. The summed E-state index contributed by atoms with van der Waals surface area (Å²) in [5.74, 6) is 1.43. The highest BCUT2D eigenvalue weighted by molar-refractivity contribution is 5.39. The predicted octanol–water partition coefficient (Wildman–Crippen LogP) is 3.15. The summed E-state index contributed by atoms with van der Waals surface area (Å²) < 4.78 is 2.01. The van der Waals surface area contributed by atoms with Crippen molar-refractivity contribution in [2.75, 3.05) is 18.0 Å². The normalized spacial score (nSPS) is 15.8. The minimum Gasteiger partial charge on any atom is -0.380 e. The zero-order valence-electron chi connectivity index (χ0n) is 14.8. The van der Waals surface area contributed by atoms with Crippen molar-refractivity contribution in [3.8, 4) is 0 Å². The lowest BCUT2D eigenvalue weighted by molar-refractivity contribution is 0.204. The molecule has 0 amide bonds. The Morgan fingerprint density at radius 2 is 1.96 bits per heavy atom. The number of anilines is 1. The van der Waals surface area contributed by atoms with Crippen LogP contribution in [0, 0.1) is 13.8 Å². The highest BCUT2D eigenvalue weighted by Crippen LogP contribution is 2.29. The Kier molecular flexibility index (Phi) is 4.71. The molecule has 0 saturated carbocycles. The van der Waals surface area contributed by atoms with Crippen LogP contribution in [0.4, 0.5) is 5.95 Å². The van der Waals surface area contributed by atoms with Crippen LogP contribution in [0.25, 0.3) is 0 Å². The van der Waals surface area contributed by atoms with Gasteiger partial charge in [0.25, 0.3) is 0 Å². The van der Waals surface area contributed by atoms with Gasteiger partial charge in [-0.3, -0.25) is 4.57 Å². The van der Waals surface area contributed by atoms with E-state index in [2.05, 4.69) is 34.7 Å². The van der Waals surface area contributed by atoms with Crippen LogP contribution in [0.3, 0.4) is 0 Å². The van der Waals surface area contributed by atoms with Gasteiger partial charge in [-0.05, 0) is 50.3 Å². The zero-order chi connectivity index (χ0) is 17.3. The number of hydrogen-bond donors (Lipinski definition) is 1. The van der Waals surface area contributed by atoms with Gasteiger partial charge in [0.1, 0.15) is 6.10 Å². The molecule has 2 heterocycles. The highest BCUT2D eigenvalue weighted by Gasteiger charge is 2.26. The SMILES string of the molecule is C=C(C)Cn1c(C(O)c2cccc(C)c2C)nnc1N1CCCC1. The second-order valence-corrected chi connectivity index (χ2v) is 6.79. The molecule has 1 atom stereocenters. The van der Waals surface area contributed by atoms with Gasteiger partial charge in [0.05, 0.1) is 0 Å². The first-order chi connectivity index (χ1) is 11.5. The van der Waals surface area contributed by atoms with Crippen LogP contribution in [-0.4, -0.2) is 33.0 Å². The van der Waals surface area contributed by atoms with Gasteiger partial charge in [-0.2, -0.15) is 0 Å². The molecule has 24 heavy (non-hydrogen) atoms. The molecule has 1 saturated heterocycles. The minimum absolute atomic E-state index is 0.591. The summed E-state index contributed by atoms with van der Waals surface area (Å²) in [6.45, 7) is 12.7. The number of allylic oxidation sites excluding steroid dienone is 1. The first-order valence-electron chi connectivity index (χ1n) is 8.55. The lowest BCUT2D eigenvalue weighted by atomic mass is 9.99. The van der Waals surface area contributed by atoms with Crippen molar-refractivity contribution in [3.63, 3.8) is 0 Å². The second kappa shape index (κ2) is 6.77. The lowest BCUT2D eigenvalue weighted by Crippen LogP contribution is -2.23. The van der Waals surface area contributed by atoms with E-state index >= 15 is 0 Å². The number of aryl methyl sites for hydroxylation is 1. The van der Waals surface area contributed by atoms with E-state index in [1.165, 1.54) is 12.8 Å². The standard InChI is InChI=1S/C19H26N4O/c1-13(2)12-23-18(20-21-19(23)22-10-5-6-11-22)17(24)16-9-7-8-14(3)15(16)4/h7-9,17,24H,1,5-6,10-12H2,2-4H3. The van der Waals surface area contributed by atoms with Gasteiger partial charge < -0.3 is 10.0 Å². The first-order valence-corrected chi connectivity index (χ1v) is 8.55. The van der Waals surface area contributed by atoms with E-state index in [0.717, 1.165) is 41.3 Å². The van der Waals surface area contributed by atoms with Crippen molar-refractivity contribution in [3.05, 3.63) is 52.9 Å². The topological polar surface area (TPSA) is 54.2 Å². The molecule has 3 rings (SSSR count). The molecule has 0 aliphatic carbocycles. The molecule has 1 unspecified atom stereocenters. The Labute approximate surface area is 143 Å². The maximum absolute atomic E-state index is 11.0. The van der Waals surface area contributed by atoms with Crippen LogP contribution in [0.2, 0.25) is 0 Å². The third kappa shape index (κ3) is 3.08. The number of aliphatic hydroxyl groups is 1. The Morgan fingerprint density at radius 1 is 1.25 bits per heavy atom. The molecule has 1 N–H and O–H groups in total. The van der Waals surface area contributed by atoms with Gasteiger partial charge in [-0.15, -0.1) is 10.2 Å². The fourth-order valence-corrected chi connectivity index (χ4v) is 3.29. The van der Waals surface area contributed by atoms with Crippen LogP contribution in [0.5, 0.6) is 0 Å². The smallest absolute Gasteiger partial charge is 0.227 e. The number of hydrogen-bond acceptors (Lipinski definition) is 4. The van der Waals surface area contributed by atoms with Crippen molar-refractivity contribution >= 4 is 5.95 Å². The van der Waals surface area contributed by atoms with E-state index < -0.39 is 6.10 Å². The van der Waals surface area contributed by atoms with Gasteiger partial charge in [0.2, 0.25) is 5.95 Å². The van der Waals surface area contributed by atoms with Gasteiger partial charge in [0, 0.05) is 19.6 Å². The Balaban J connectivity index is 2.03. The second-order valence-electron chi connectivity index (χ2n) is 6.79. The third-order valence-corrected chi connectivity index (χ3v) is 4.76. The number of aliphatic hydroxyl groups excluding tert-OH is 1. The number of rotatable bonds is 5. The maximum Gasteiger partial charge on any atom is 0.227 e. The predicted molar refractivity (Wildman–Crippen MR) is 96.3 cm³/mol. The van der Waals surface area contributed by atoms with Gasteiger partial charge in [-0.1, -0.05) is 30.4 Å². The van der Waals surface area contributed by atoms with E-state index in [-0.39, 0.29) is 0 Å². The van der Waals surface area contributed by atoms with Crippen LogP contribution in [0.1, 0.15) is 48.4 Å². The molecule has 1 aromatic carbocycles. The van der Waals surface area contributed by atoms with Gasteiger partial charge in [0.15, 0.2) is 5.82 Å². The van der Waals surface area contributed by atoms with E-state index in [4.69, 9.17) is 0 Å². The van der Waals surface area contributed by atoms with Crippen molar-refractivity contribution < 1.29 is 5.11 Å². The fraction of sp³-hybridized carbons (Fsp3) is 0.474. The van der Waals surface area contributed by atoms with Crippen LogP contribution in [0.15, 0.2) is 30.4 Å². The molecule has 2 aromatic rings. The van der Waals surface area contributed by atoms with E-state index in [1.54, 1.807) is 0 Å². The average Bonchev–Trinajstić information content (AvgIpc) is 3.18. The van der Waals surface area contributed by atoms with Crippen LogP contribution >= 0.6 is 0 Å². The minimum atomic E-state index is -0.784. The molecular weight excluding hydrogens is 300 g/mol. The zero-order valence-corrected chi connectivity index (χ0v) is 14.8. The van der Waals surface area contributed by atoms with Crippen molar-refractivity contribution in [1.82, 2.24) is 14.8 Å². The molecule has 1 fully saturated rings. The molecule has 5 heteroatoms. The molecule has 0 radical (unpaired) electrons. The summed E-state index contributed by atoms with van der Waals surface area (Å²) in [6, 6.07) is 5.99. The van der Waals surface area contributed by atoms with Crippen LogP contribution < -0.4 is 4.90 Å². The quantitative estimate of drug-likeness (QED) is 0.858. The number of benzene rings is 1. The lowest BCUT2D eigenvalue weighted by Gasteiger charge is -2.21. The summed E-state index contributed by atoms with van der Waals surface area (Å²) in [5.41, 5.74) is 4.16. The van der Waals surface area contributed by atoms with E-state index in [9.17, 15) is 5.11 Å². The fourth-order valence-electron chi connectivity index (χ4n) is 3.29. The van der Waals surface area contributed by atoms with Crippen molar-refractivity contribution in [2.45, 2.75) is 46.3 Å². The Bertz CT molecular complexity index is 744. The van der Waals surface area contributed by atoms with Gasteiger partial charge >= 0.3 is 0 Å². The summed E-state index contributed by atoms with van der Waals surface area (Å²) >= 11 is 0. The largest absolute Gasteiger partial charge is 0.380 e. The summed E-state index contributed by atoms with van der Waals surface area (Å²) in [7, 11) is 0. The first kappa shape index (κ1) is 16.7. The molecule has 1 aromatic heterocycles. The average molecular weight is 326 g/mol. The van der Waals surface area contributed by atoms with E-state index in [0.29, 0.717) is 12.4 Å². The summed E-state index contributed by atoms with van der Waals surface area (Å²) in [6.07, 6.45) is 1.57. The monoisotopic (exact) mass is 326 g/mol.